The second kappa shape index (κ2) is 10.2. The van der Waals surface area contributed by atoms with Crippen LogP contribution in [0.3, 0.4) is 0 Å². The first kappa shape index (κ1) is 27.4. The number of benzene rings is 9. The van der Waals surface area contributed by atoms with Gasteiger partial charge in [0.15, 0.2) is 0 Å². The summed E-state index contributed by atoms with van der Waals surface area (Å²) in [6.45, 7) is 2.28. The van der Waals surface area contributed by atoms with Crippen LogP contribution in [0.1, 0.15) is 5.56 Å². The van der Waals surface area contributed by atoms with E-state index in [4.69, 9.17) is 4.98 Å². The molecule has 2 aromatic heterocycles. The van der Waals surface area contributed by atoms with Crippen molar-refractivity contribution in [2.24, 2.45) is 0 Å². The second-order valence-corrected chi connectivity index (χ2v) is 13.5. The van der Waals surface area contributed by atoms with Gasteiger partial charge in [-0.25, -0.2) is 4.98 Å². The molecule has 11 aromatic rings. The van der Waals surface area contributed by atoms with Crippen molar-refractivity contribution < 1.29 is 0 Å². The summed E-state index contributed by atoms with van der Waals surface area (Å²) in [5.74, 6) is 0.955. The molecule has 2 nitrogen and oxygen atoms in total. The van der Waals surface area contributed by atoms with Crippen LogP contribution in [0.25, 0.3) is 104 Å². The molecule has 0 amide bonds. The molecule has 0 saturated carbocycles. The number of pyridine rings is 1. The Bertz CT molecular complexity index is 3170. The Balaban J connectivity index is 1.40. The largest absolute Gasteiger partial charge is 0.293 e. The Kier molecular flexibility index (Phi) is 5.62. The Morgan fingerprint density at radius 1 is 0.400 bits per heavy atom. The van der Waals surface area contributed by atoms with Crippen molar-refractivity contribution in [3.63, 3.8) is 0 Å². The zero-order valence-corrected chi connectivity index (χ0v) is 27.5. The van der Waals surface area contributed by atoms with Crippen molar-refractivity contribution in [3.8, 4) is 16.9 Å². The summed E-state index contributed by atoms with van der Waals surface area (Å²) in [6, 6.07) is 59.8. The van der Waals surface area contributed by atoms with Gasteiger partial charge in [-0.3, -0.25) is 4.57 Å². The molecule has 232 valence electrons. The van der Waals surface area contributed by atoms with E-state index < -0.39 is 0 Å². The van der Waals surface area contributed by atoms with Gasteiger partial charge >= 0.3 is 0 Å². The highest BCUT2D eigenvalue weighted by Gasteiger charge is 2.24. The van der Waals surface area contributed by atoms with Crippen LogP contribution in [0.4, 0.5) is 0 Å². The third-order valence-corrected chi connectivity index (χ3v) is 10.9. The molecular weight excluding hydrogens is 605 g/mol. The van der Waals surface area contributed by atoms with E-state index in [-0.39, 0.29) is 0 Å². The first-order valence-corrected chi connectivity index (χ1v) is 17.3. The van der Waals surface area contributed by atoms with Crippen LogP contribution < -0.4 is 0 Å². The molecule has 0 fully saturated rings. The zero-order valence-electron chi connectivity index (χ0n) is 27.5. The van der Waals surface area contributed by atoms with Gasteiger partial charge in [0.05, 0.1) is 16.6 Å². The minimum atomic E-state index is 0.955. The zero-order chi connectivity index (χ0) is 32.9. The highest BCUT2D eigenvalue weighted by atomic mass is 15.1. The lowest BCUT2D eigenvalue weighted by molar-refractivity contribution is 1.10. The lowest BCUT2D eigenvalue weighted by Crippen LogP contribution is -2.04. The van der Waals surface area contributed by atoms with Crippen LogP contribution >= 0.6 is 0 Å². The lowest BCUT2D eigenvalue weighted by Gasteiger charge is -2.19. The van der Waals surface area contributed by atoms with Gasteiger partial charge in [-0.1, -0.05) is 140 Å². The quantitative estimate of drug-likeness (QED) is 0.173. The fourth-order valence-electron chi connectivity index (χ4n) is 8.74. The molecule has 0 spiro atoms. The number of rotatable bonds is 2. The van der Waals surface area contributed by atoms with E-state index in [1.807, 2.05) is 0 Å². The van der Waals surface area contributed by atoms with Crippen LogP contribution in [-0.2, 0) is 0 Å². The molecule has 0 radical (unpaired) electrons. The molecule has 50 heavy (non-hydrogen) atoms. The van der Waals surface area contributed by atoms with Gasteiger partial charge in [-0.2, -0.15) is 0 Å². The van der Waals surface area contributed by atoms with Gasteiger partial charge in [-0.15, -0.1) is 0 Å². The first-order chi connectivity index (χ1) is 24.7. The van der Waals surface area contributed by atoms with E-state index in [0.29, 0.717) is 0 Å². The average molecular weight is 635 g/mol. The normalized spacial score (nSPS) is 12.1. The summed E-state index contributed by atoms with van der Waals surface area (Å²) in [6.07, 6.45) is 0. The smallest absolute Gasteiger partial charge is 0.146 e. The number of aryl methyl sites for hydroxylation is 1. The van der Waals surface area contributed by atoms with E-state index in [9.17, 15) is 0 Å². The molecule has 11 rings (SSSR count). The maximum absolute atomic E-state index is 5.64. The molecule has 0 N–H and O–H groups in total. The minimum Gasteiger partial charge on any atom is -0.293 e. The Morgan fingerprint density at radius 2 is 0.980 bits per heavy atom. The van der Waals surface area contributed by atoms with Crippen molar-refractivity contribution in [2.75, 3.05) is 0 Å². The molecule has 0 aliphatic heterocycles. The molecule has 2 heterocycles. The Hall–Kier alpha value is -6.51. The third kappa shape index (κ3) is 3.71. The fourth-order valence-corrected chi connectivity index (χ4v) is 8.74. The summed E-state index contributed by atoms with van der Waals surface area (Å²) in [7, 11) is 0. The molecular formula is C48H30N2. The SMILES string of the molecule is Cc1c(-c2ccccc2)c(-n2c3cc4ccccc4cc3c3c4c5ccccc5c5ccccc5c4ccc32)nc2ccc3ccccc3c12. The van der Waals surface area contributed by atoms with Gasteiger partial charge < -0.3 is 0 Å². The third-order valence-electron chi connectivity index (χ3n) is 10.9. The topological polar surface area (TPSA) is 17.8 Å². The molecule has 0 bridgehead atoms. The number of hydrogen-bond acceptors (Lipinski definition) is 1. The van der Waals surface area contributed by atoms with E-state index in [0.717, 1.165) is 33.5 Å². The number of aromatic nitrogens is 2. The summed E-state index contributed by atoms with van der Waals surface area (Å²) in [5.41, 5.74) is 6.88. The Labute approximate surface area is 288 Å². The highest BCUT2D eigenvalue weighted by Crippen LogP contribution is 2.46. The van der Waals surface area contributed by atoms with Crippen molar-refractivity contribution >= 4 is 86.6 Å². The predicted molar refractivity (Wildman–Crippen MR) is 214 cm³/mol. The molecule has 0 atom stereocenters. The van der Waals surface area contributed by atoms with Crippen molar-refractivity contribution in [1.29, 1.82) is 0 Å². The van der Waals surface area contributed by atoms with Gasteiger partial charge in [0.2, 0.25) is 0 Å². The maximum atomic E-state index is 5.64. The molecule has 0 unspecified atom stereocenters. The molecule has 9 aromatic carbocycles. The Morgan fingerprint density at radius 3 is 1.72 bits per heavy atom. The van der Waals surface area contributed by atoms with E-state index in [1.165, 1.54) is 75.6 Å². The number of hydrogen-bond donors (Lipinski definition) is 0. The molecule has 2 heteroatoms. The molecule has 0 aliphatic carbocycles. The van der Waals surface area contributed by atoms with E-state index in [2.05, 4.69) is 175 Å². The summed E-state index contributed by atoms with van der Waals surface area (Å²) in [5, 5.41) is 16.3. The second-order valence-electron chi connectivity index (χ2n) is 13.5. The summed E-state index contributed by atoms with van der Waals surface area (Å²) >= 11 is 0. The van der Waals surface area contributed by atoms with E-state index >= 15 is 0 Å². The standard InChI is InChI=1S/C48H30N2/c1-29-44(31-14-3-2-4-15-31)48(49-41-25-23-30-13-7-8-18-34(30)45(29)41)50-42-26-24-39-37-21-10-9-19-35(37)36-20-11-12-22-38(36)46(39)47(42)40-27-32-16-5-6-17-33(32)28-43(40)50/h2-28H,1H3. The monoisotopic (exact) mass is 634 g/mol. The first-order valence-electron chi connectivity index (χ1n) is 17.3. The predicted octanol–water partition coefficient (Wildman–Crippen LogP) is 13.1. The van der Waals surface area contributed by atoms with Crippen LogP contribution in [0, 0.1) is 6.92 Å². The number of fused-ring (bicyclic) bond motifs is 14. The fraction of sp³-hybridized carbons (Fsp3) is 0.0208. The van der Waals surface area contributed by atoms with Gasteiger partial charge in [0.25, 0.3) is 0 Å². The van der Waals surface area contributed by atoms with Crippen molar-refractivity contribution in [2.45, 2.75) is 6.92 Å². The summed E-state index contributed by atoms with van der Waals surface area (Å²) in [4.78, 5) is 5.64. The van der Waals surface area contributed by atoms with Gasteiger partial charge in [-0.05, 0) is 90.8 Å². The average Bonchev–Trinajstić information content (AvgIpc) is 3.50. The van der Waals surface area contributed by atoms with Crippen LogP contribution in [-0.4, -0.2) is 9.55 Å². The van der Waals surface area contributed by atoms with Crippen LogP contribution in [0.15, 0.2) is 164 Å². The molecule has 0 saturated heterocycles. The van der Waals surface area contributed by atoms with Crippen LogP contribution in [0.2, 0.25) is 0 Å². The van der Waals surface area contributed by atoms with Crippen molar-refractivity contribution in [3.05, 3.63) is 169 Å². The lowest BCUT2D eigenvalue weighted by atomic mass is 9.91. The molecule has 0 aliphatic rings. The maximum Gasteiger partial charge on any atom is 0.146 e. The number of nitrogens with zero attached hydrogens (tertiary/aromatic N) is 2. The van der Waals surface area contributed by atoms with Gasteiger partial charge in [0, 0.05) is 27.1 Å². The van der Waals surface area contributed by atoms with E-state index in [1.54, 1.807) is 0 Å². The minimum absolute atomic E-state index is 0.955. The van der Waals surface area contributed by atoms with Crippen LogP contribution in [0.5, 0.6) is 0 Å². The summed E-state index contributed by atoms with van der Waals surface area (Å²) < 4.78 is 2.45. The van der Waals surface area contributed by atoms with Crippen molar-refractivity contribution in [1.82, 2.24) is 9.55 Å². The van der Waals surface area contributed by atoms with Gasteiger partial charge in [0.1, 0.15) is 5.82 Å². The highest BCUT2D eigenvalue weighted by molar-refractivity contribution is 6.36.